The van der Waals surface area contributed by atoms with E-state index < -0.39 is 46.8 Å². The molecule has 2 amide bonds. The lowest BCUT2D eigenvalue weighted by Crippen LogP contribution is -2.65. The SMILES string of the molecule is C[C@@H](OC[C@@]1(c2ccccc2)CC[C@]2(CCC(=O)N2)CN1C(=O)OCc1ccccc1)c1cc(C(F)(F)F)cc(C(F)(F)F)c1. The average Bonchev–Trinajstić information content (AvgIpc) is 3.38. The molecular formula is C33H32F6N2O4. The fraction of sp³-hybridized carbons (Fsp3) is 0.394. The molecule has 2 saturated heterocycles. The van der Waals surface area contributed by atoms with Crippen molar-refractivity contribution in [3.63, 3.8) is 0 Å². The number of halogens is 6. The molecule has 0 radical (unpaired) electrons. The number of ether oxygens (including phenoxy) is 2. The van der Waals surface area contributed by atoms with Gasteiger partial charge in [0.2, 0.25) is 5.91 Å². The molecule has 240 valence electrons. The van der Waals surface area contributed by atoms with Gasteiger partial charge in [0.1, 0.15) is 6.61 Å². The molecule has 5 rings (SSSR count). The monoisotopic (exact) mass is 634 g/mol. The standard InChI is InChI=1S/C33H32F6N2O4/c1-22(24-16-26(32(34,35)36)18-27(17-24)33(37,38)39)45-21-31(25-10-6-3-7-11-25)15-14-30(13-12-28(42)40-30)20-41(31)29(43)44-19-23-8-4-2-5-9-23/h2-11,16-18,22H,12-15,19-21H2,1H3,(H,40,42)/t22-,30-,31-/m1/s1. The molecule has 12 heteroatoms. The van der Waals surface area contributed by atoms with Gasteiger partial charge in [-0.3, -0.25) is 9.69 Å². The molecule has 0 bridgehead atoms. The molecular weight excluding hydrogens is 602 g/mol. The molecule has 3 aromatic carbocycles. The zero-order chi connectivity index (χ0) is 32.5. The number of nitrogens with one attached hydrogen (secondary N) is 1. The third-order valence-electron chi connectivity index (χ3n) is 8.62. The quantitative estimate of drug-likeness (QED) is 0.270. The van der Waals surface area contributed by atoms with E-state index in [1.54, 1.807) is 54.6 Å². The summed E-state index contributed by atoms with van der Waals surface area (Å²) in [5.41, 5.74) is -3.73. The molecule has 2 aliphatic rings. The van der Waals surface area contributed by atoms with Gasteiger partial charge in [-0.2, -0.15) is 26.3 Å². The molecule has 45 heavy (non-hydrogen) atoms. The van der Waals surface area contributed by atoms with Crippen LogP contribution in [0, 0.1) is 0 Å². The van der Waals surface area contributed by atoms with Crippen molar-refractivity contribution in [3.8, 4) is 0 Å². The normalized spacial score (nSPS) is 22.7. The Morgan fingerprint density at radius 2 is 1.49 bits per heavy atom. The summed E-state index contributed by atoms with van der Waals surface area (Å²) >= 11 is 0. The number of likely N-dealkylation sites (tertiary alicyclic amines) is 1. The molecule has 6 nitrogen and oxygen atoms in total. The molecule has 0 aromatic heterocycles. The van der Waals surface area contributed by atoms with Crippen LogP contribution in [0.5, 0.6) is 0 Å². The van der Waals surface area contributed by atoms with E-state index >= 15 is 0 Å². The molecule has 3 atom stereocenters. The Labute approximate surface area is 256 Å². The maximum Gasteiger partial charge on any atom is 0.416 e. The van der Waals surface area contributed by atoms with E-state index in [1.807, 2.05) is 6.07 Å². The third-order valence-corrected chi connectivity index (χ3v) is 8.62. The zero-order valence-electron chi connectivity index (χ0n) is 24.4. The van der Waals surface area contributed by atoms with Gasteiger partial charge in [0, 0.05) is 13.0 Å². The Balaban J connectivity index is 1.49. The van der Waals surface area contributed by atoms with Crippen LogP contribution in [-0.2, 0) is 38.8 Å². The number of hydrogen-bond donors (Lipinski definition) is 1. The van der Waals surface area contributed by atoms with E-state index in [1.165, 1.54) is 11.8 Å². The fourth-order valence-electron chi connectivity index (χ4n) is 6.08. The van der Waals surface area contributed by atoms with Crippen molar-refractivity contribution < 1.29 is 45.4 Å². The summed E-state index contributed by atoms with van der Waals surface area (Å²) in [6.45, 7) is 1.14. The molecule has 0 aliphatic carbocycles. The van der Waals surface area contributed by atoms with E-state index in [2.05, 4.69) is 5.32 Å². The molecule has 0 unspecified atom stereocenters. The Morgan fingerprint density at radius 1 is 0.889 bits per heavy atom. The first-order valence-electron chi connectivity index (χ1n) is 14.5. The molecule has 1 spiro atoms. The second-order valence-electron chi connectivity index (χ2n) is 11.6. The highest BCUT2D eigenvalue weighted by molar-refractivity contribution is 5.80. The number of alkyl halides is 6. The van der Waals surface area contributed by atoms with Crippen LogP contribution in [0.4, 0.5) is 31.1 Å². The van der Waals surface area contributed by atoms with Crippen LogP contribution >= 0.6 is 0 Å². The average molecular weight is 635 g/mol. The minimum absolute atomic E-state index is 0.0396. The van der Waals surface area contributed by atoms with Crippen LogP contribution in [-0.4, -0.2) is 35.6 Å². The molecule has 2 fully saturated rings. The summed E-state index contributed by atoms with van der Waals surface area (Å²) in [5.74, 6) is -0.144. The van der Waals surface area contributed by atoms with E-state index in [9.17, 15) is 35.9 Å². The van der Waals surface area contributed by atoms with Crippen LogP contribution in [0.25, 0.3) is 0 Å². The van der Waals surface area contributed by atoms with E-state index in [4.69, 9.17) is 9.47 Å². The lowest BCUT2D eigenvalue weighted by molar-refractivity contribution is -0.143. The van der Waals surface area contributed by atoms with Crippen LogP contribution in [0.2, 0.25) is 0 Å². The predicted molar refractivity (Wildman–Crippen MR) is 152 cm³/mol. The van der Waals surface area contributed by atoms with Crippen molar-refractivity contribution in [3.05, 3.63) is 107 Å². The Kier molecular flexibility index (Phi) is 8.90. The third kappa shape index (κ3) is 7.11. The van der Waals surface area contributed by atoms with Crippen LogP contribution in [0.3, 0.4) is 0 Å². The van der Waals surface area contributed by atoms with Gasteiger partial charge in [-0.15, -0.1) is 0 Å². The summed E-state index contributed by atoms with van der Waals surface area (Å²) in [7, 11) is 0. The van der Waals surface area contributed by atoms with E-state index in [0.29, 0.717) is 30.5 Å². The number of carbonyl (C=O) groups is 2. The lowest BCUT2D eigenvalue weighted by Gasteiger charge is -2.52. The highest BCUT2D eigenvalue weighted by atomic mass is 19.4. The molecule has 2 heterocycles. The maximum absolute atomic E-state index is 13.9. The minimum atomic E-state index is -5.01. The lowest BCUT2D eigenvalue weighted by atomic mass is 9.74. The first-order valence-corrected chi connectivity index (χ1v) is 14.5. The largest absolute Gasteiger partial charge is 0.445 e. The summed E-state index contributed by atoms with van der Waals surface area (Å²) in [6, 6.07) is 19.2. The zero-order valence-corrected chi connectivity index (χ0v) is 24.4. The Morgan fingerprint density at radius 3 is 2.04 bits per heavy atom. The van der Waals surface area contributed by atoms with Crippen LogP contribution < -0.4 is 5.32 Å². The summed E-state index contributed by atoms with van der Waals surface area (Å²) < 4.78 is 93.3. The number of piperidine rings is 1. The summed E-state index contributed by atoms with van der Waals surface area (Å²) in [6.07, 6.45) is -10.4. The van der Waals surface area contributed by atoms with Gasteiger partial charge >= 0.3 is 18.4 Å². The van der Waals surface area contributed by atoms with Crippen LogP contribution in [0.15, 0.2) is 78.9 Å². The smallest absolute Gasteiger partial charge is 0.416 e. The second-order valence-corrected chi connectivity index (χ2v) is 11.6. The van der Waals surface area contributed by atoms with E-state index in [0.717, 1.165) is 5.56 Å². The number of carbonyl (C=O) groups excluding carboxylic acids is 2. The van der Waals surface area contributed by atoms with Crippen molar-refractivity contribution in [1.82, 2.24) is 10.2 Å². The van der Waals surface area contributed by atoms with Crippen molar-refractivity contribution in [2.45, 2.75) is 68.7 Å². The summed E-state index contributed by atoms with van der Waals surface area (Å²) in [5, 5.41) is 3.01. The number of rotatable bonds is 7. The van der Waals surface area contributed by atoms with Gasteiger partial charge in [0.05, 0.1) is 34.9 Å². The van der Waals surface area contributed by atoms with Gasteiger partial charge < -0.3 is 14.8 Å². The maximum atomic E-state index is 13.9. The second kappa shape index (κ2) is 12.4. The van der Waals surface area contributed by atoms with Crippen LogP contribution in [0.1, 0.15) is 66.5 Å². The molecule has 1 N–H and O–H groups in total. The molecule has 3 aromatic rings. The molecule has 2 aliphatic heterocycles. The Bertz CT molecular complexity index is 1480. The number of benzene rings is 3. The number of amides is 2. The Hall–Kier alpha value is -4.06. The van der Waals surface area contributed by atoms with Crippen molar-refractivity contribution in [1.29, 1.82) is 0 Å². The van der Waals surface area contributed by atoms with Crippen molar-refractivity contribution in [2.24, 2.45) is 0 Å². The van der Waals surface area contributed by atoms with Gasteiger partial charge in [-0.1, -0.05) is 60.7 Å². The number of hydrogen-bond acceptors (Lipinski definition) is 4. The van der Waals surface area contributed by atoms with Gasteiger partial charge in [-0.05, 0) is 61.1 Å². The first kappa shape index (κ1) is 32.3. The molecule has 0 saturated carbocycles. The fourth-order valence-corrected chi connectivity index (χ4v) is 6.08. The summed E-state index contributed by atoms with van der Waals surface area (Å²) in [4.78, 5) is 27.7. The minimum Gasteiger partial charge on any atom is -0.445 e. The first-order chi connectivity index (χ1) is 21.2. The van der Waals surface area contributed by atoms with Gasteiger partial charge in [0.25, 0.3) is 0 Å². The van der Waals surface area contributed by atoms with Crippen molar-refractivity contribution in [2.75, 3.05) is 13.2 Å². The topological polar surface area (TPSA) is 67.9 Å². The predicted octanol–water partition coefficient (Wildman–Crippen LogP) is 7.78. The highest BCUT2D eigenvalue weighted by Gasteiger charge is 2.54. The van der Waals surface area contributed by atoms with Crippen molar-refractivity contribution >= 4 is 12.0 Å². The highest BCUT2D eigenvalue weighted by Crippen LogP contribution is 2.45. The number of nitrogens with zero attached hydrogens (tertiary/aromatic N) is 1. The van der Waals surface area contributed by atoms with Gasteiger partial charge in [-0.25, -0.2) is 4.79 Å². The van der Waals surface area contributed by atoms with Gasteiger partial charge in [0.15, 0.2) is 0 Å². The van der Waals surface area contributed by atoms with E-state index in [-0.39, 0.29) is 50.1 Å².